The summed E-state index contributed by atoms with van der Waals surface area (Å²) < 4.78 is 29.6. The number of nitrogens with zero attached hydrogens (tertiary/aromatic N) is 1. The molecular formula is C19H22N2O7S. The molecule has 1 aromatic heterocycles. The first-order valence-electron chi connectivity index (χ1n) is 8.56. The normalized spacial score (nSPS) is 13.2. The minimum Gasteiger partial charge on any atom is -0.478 e. The van der Waals surface area contributed by atoms with Crippen LogP contribution >= 0.6 is 0 Å². The van der Waals surface area contributed by atoms with Crippen molar-refractivity contribution in [2.24, 2.45) is 5.73 Å². The summed E-state index contributed by atoms with van der Waals surface area (Å²) in [5.74, 6) is -2.17. The first kappa shape index (κ1) is 22.2. The Bertz CT molecular complexity index is 1040. The lowest BCUT2D eigenvalue weighted by Gasteiger charge is -2.12. The fourth-order valence-corrected chi connectivity index (χ4v) is 3.41. The number of fused-ring (bicyclic) bond motifs is 3. The Hall–Kier alpha value is -3.11. The summed E-state index contributed by atoms with van der Waals surface area (Å²) in [6.07, 6.45) is 5.05. The molecule has 4 N–H and O–H groups in total. The van der Waals surface area contributed by atoms with E-state index >= 15 is 0 Å². The van der Waals surface area contributed by atoms with Crippen molar-refractivity contribution < 1.29 is 32.4 Å². The van der Waals surface area contributed by atoms with Crippen LogP contribution in [-0.2, 0) is 32.7 Å². The molecule has 3 rings (SSSR count). The number of aliphatic carboxylic acids is 2. The van der Waals surface area contributed by atoms with E-state index in [2.05, 4.69) is 10.6 Å². The van der Waals surface area contributed by atoms with E-state index in [1.54, 1.807) is 12.1 Å². The zero-order chi connectivity index (χ0) is 21.8. The van der Waals surface area contributed by atoms with Gasteiger partial charge in [-0.1, -0.05) is 6.07 Å². The number of aromatic nitrogens is 1. The maximum atomic E-state index is 11.3. The number of carboxylic acid groups (broad SMARTS) is 2. The Morgan fingerprint density at radius 1 is 1.21 bits per heavy atom. The van der Waals surface area contributed by atoms with Gasteiger partial charge in [0.15, 0.2) is 0 Å². The Balaban J connectivity index is 0.000000321. The first-order chi connectivity index (χ1) is 13.5. The number of rotatable bonds is 6. The Labute approximate surface area is 168 Å². The molecule has 1 aromatic carbocycles. The van der Waals surface area contributed by atoms with Gasteiger partial charge in [0.05, 0.1) is 11.9 Å². The molecule has 0 amide bonds. The Morgan fingerprint density at radius 3 is 2.34 bits per heavy atom. The number of carboxylic acids is 2. The van der Waals surface area contributed by atoms with Crippen molar-refractivity contribution in [1.29, 1.82) is 0 Å². The van der Waals surface area contributed by atoms with Crippen molar-refractivity contribution in [2.75, 3.05) is 6.26 Å². The van der Waals surface area contributed by atoms with Crippen molar-refractivity contribution in [3.05, 3.63) is 53.7 Å². The maximum Gasteiger partial charge on any atom is 0.328 e. The minimum atomic E-state index is -3.51. The SMILES string of the molecule is CC(N)Cn1ccc2c1-c1cc(OS(C)(=O)=O)ccc1C2.O=C(O)C=CC(=O)O. The topological polar surface area (TPSA) is 149 Å². The van der Waals surface area contributed by atoms with Crippen LogP contribution in [0, 0.1) is 0 Å². The number of hydrogen-bond acceptors (Lipinski definition) is 6. The molecule has 10 heteroatoms. The molecule has 1 unspecified atom stereocenters. The molecule has 1 atom stereocenters. The van der Waals surface area contributed by atoms with E-state index in [1.165, 1.54) is 11.1 Å². The van der Waals surface area contributed by atoms with Crippen molar-refractivity contribution in [3.8, 4) is 17.0 Å². The lowest BCUT2D eigenvalue weighted by Crippen LogP contribution is -2.22. The Kier molecular flexibility index (Phi) is 6.83. The van der Waals surface area contributed by atoms with Crippen molar-refractivity contribution >= 4 is 22.1 Å². The largest absolute Gasteiger partial charge is 0.478 e. The van der Waals surface area contributed by atoms with Crippen molar-refractivity contribution in [2.45, 2.75) is 25.9 Å². The standard InChI is InChI=1S/C15H18N2O3S.C4H4O4/c1-10(16)9-17-6-5-12-7-11-3-4-13(20-21(2,18)19)8-14(11)15(12)17;5-3(6)1-2-4(7)8/h3-6,8,10H,7,9,16H2,1-2H3;1-2H,(H,5,6)(H,7,8). The molecule has 0 radical (unpaired) electrons. The molecule has 0 spiro atoms. The van der Waals surface area contributed by atoms with Crippen molar-refractivity contribution in [1.82, 2.24) is 4.57 Å². The highest BCUT2D eigenvalue weighted by atomic mass is 32.2. The summed E-state index contributed by atoms with van der Waals surface area (Å²) >= 11 is 0. The summed E-state index contributed by atoms with van der Waals surface area (Å²) in [6.45, 7) is 2.69. The van der Waals surface area contributed by atoms with Crippen LogP contribution in [0.5, 0.6) is 5.75 Å². The molecule has 0 saturated carbocycles. The average molecular weight is 422 g/mol. The molecule has 0 aliphatic heterocycles. The van der Waals surface area contributed by atoms with Gasteiger partial charge in [-0.2, -0.15) is 8.42 Å². The number of hydrogen-bond donors (Lipinski definition) is 3. The highest BCUT2D eigenvalue weighted by molar-refractivity contribution is 7.86. The second kappa shape index (κ2) is 8.93. The summed E-state index contributed by atoms with van der Waals surface area (Å²) in [5.41, 5.74) is 10.4. The molecule has 0 saturated heterocycles. The van der Waals surface area contributed by atoms with Crippen LogP contribution in [0.4, 0.5) is 0 Å². The van der Waals surface area contributed by atoms with Gasteiger partial charge in [0.1, 0.15) is 5.75 Å². The van der Waals surface area contributed by atoms with Gasteiger partial charge >= 0.3 is 22.1 Å². The smallest absolute Gasteiger partial charge is 0.328 e. The molecule has 1 heterocycles. The highest BCUT2D eigenvalue weighted by Crippen LogP contribution is 2.39. The molecule has 9 nitrogen and oxygen atoms in total. The molecular weight excluding hydrogens is 400 g/mol. The quantitative estimate of drug-likeness (QED) is 0.399. The molecule has 1 aliphatic rings. The molecule has 156 valence electrons. The minimum absolute atomic E-state index is 0.0565. The molecule has 0 fully saturated rings. The van der Waals surface area contributed by atoms with E-state index in [4.69, 9.17) is 20.1 Å². The van der Waals surface area contributed by atoms with E-state index < -0.39 is 22.1 Å². The van der Waals surface area contributed by atoms with Crippen LogP contribution in [0.2, 0.25) is 0 Å². The van der Waals surface area contributed by atoms with E-state index in [1.807, 2.05) is 19.2 Å². The van der Waals surface area contributed by atoms with Gasteiger partial charge in [0.25, 0.3) is 0 Å². The van der Waals surface area contributed by atoms with E-state index in [0.29, 0.717) is 17.9 Å². The monoisotopic (exact) mass is 422 g/mol. The highest BCUT2D eigenvalue weighted by Gasteiger charge is 2.23. The summed E-state index contributed by atoms with van der Waals surface area (Å²) in [6, 6.07) is 7.56. The van der Waals surface area contributed by atoms with Crippen molar-refractivity contribution in [3.63, 3.8) is 0 Å². The van der Waals surface area contributed by atoms with Crippen LogP contribution in [0.3, 0.4) is 0 Å². The third kappa shape index (κ3) is 6.47. The predicted octanol–water partition coefficient (Wildman–Crippen LogP) is 1.46. The van der Waals surface area contributed by atoms with Crippen LogP contribution in [0.1, 0.15) is 18.1 Å². The summed E-state index contributed by atoms with van der Waals surface area (Å²) in [7, 11) is -3.51. The zero-order valence-corrected chi connectivity index (χ0v) is 16.7. The number of carbonyl (C=O) groups is 2. The van der Waals surface area contributed by atoms with Gasteiger partial charge < -0.3 is 24.7 Å². The van der Waals surface area contributed by atoms with Gasteiger partial charge in [-0.15, -0.1) is 0 Å². The fourth-order valence-electron chi connectivity index (χ4n) is 2.96. The average Bonchev–Trinajstić information content (AvgIpc) is 3.11. The van der Waals surface area contributed by atoms with Crippen LogP contribution in [0.15, 0.2) is 42.6 Å². The summed E-state index contributed by atoms with van der Waals surface area (Å²) in [5, 5.41) is 15.6. The summed E-state index contributed by atoms with van der Waals surface area (Å²) in [4.78, 5) is 19.1. The van der Waals surface area contributed by atoms with Gasteiger partial charge in [0, 0.05) is 42.9 Å². The van der Waals surface area contributed by atoms with Gasteiger partial charge in [-0.05, 0) is 36.2 Å². The van der Waals surface area contributed by atoms with Crippen LogP contribution in [0.25, 0.3) is 11.3 Å². The molecule has 29 heavy (non-hydrogen) atoms. The third-order valence-electron chi connectivity index (χ3n) is 3.87. The fraction of sp³-hybridized carbons (Fsp3) is 0.263. The number of nitrogens with two attached hydrogens (primary N) is 1. The lowest BCUT2D eigenvalue weighted by molar-refractivity contribution is -0.134. The second-order valence-electron chi connectivity index (χ2n) is 6.61. The third-order valence-corrected chi connectivity index (χ3v) is 4.36. The number of benzene rings is 1. The van der Waals surface area contributed by atoms with E-state index in [-0.39, 0.29) is 6.04 Å². The van der Waals surface area contributed by atoms with Crippen LogP contribution < -0.4 is 9.92 Å². The second-order valence-corrected chi connectivity index (χ2v) is 8.19. The first-order valence-corrected chi connectivity index (χ1v) is 10.4. The van der Waals surface area contributed by atoms with Crippen LogP contribution in [-0.4, -0.2) is 47.4 Å². The van der Waals surface area contributed by atoms with E-state index in [0.717, 1.165) is 30.5 Å². The lowest BCUT2D eigenvalue weighted by atomic mass is 10.1. The van der Waals surface area contributed by atoms with Gasteiger partial charge in [0.2, 0.25) is 0 Å². The Morgan fingerprint density at radius 2 is 1.83 bits per heavy atom. The van der Waals surface area contributed by atoms with Gasteiger partial charge in [-0.25, -0.2) is 9.59 Å². The maximum absolute atomic E-state index is 11.3. The van der Waals surface area contributed by atoms with E-state index in [9.17, 15) is 18.0 Å². The predicted molar refractivity (Wildman–Crippen MR) is 106 cm³/mol. The molecule has 0 bridgehead atoms. The molecule has 2 aromatic rings. The van der Waals surface area contributed by atoms with Gasteiger partial charge in [-0.3, -0.25) is 0 Å². The zero-order valence-electron chi connectivity index (χ0n) is 15.9. The molecule has 1 aliphatic carbocycles.